The van der Waals surface area contributed by atoms with Gasteiger partial charge in [-0.1, -0.05) is 0 Å². The quantitative estimate of drug-likeness (QED) is 0.522. The van der Waals surface area contributed by atoms with E-state index in [0.29, 0.717) is 38.5 Å². The minimum absolute atomic E-state index is 0.136. The minimum Gasteiger partial charge on any atom is -0.300 e. The lowest BCUT2D eigenvalue weighted by Gasteiger charge is -1.97. The highest BCUT2D eigenvalue weighted by atomic mass is 19.1. The molecule has 0 aliphatic carbocycles. The molecule has 0 radical (unpaired) electrons. The Morgan fingerprint density at radius 1 is 0.833 bits per heavy atom. The number of hydrogen-bond donors (Lipinski definition) is 0. The number of Topliss-reactive ketones (excluding diaryl/α,β-unsaturated/α-hetero) is 1. The van der Waals surface area contributed by atoms with Crippen LogP contribution >= 0.6 is 0 Å². The number of unbranched alkanes of at least 4 members (excludes halogenated alkanes) is 2. The molecule has 0 aliphatic rings. The second-order valence-electron chi connectivity index (χ2n) is 2.83. The Hall–Kier alpha value is -0.470. The largest absolute Gasteiger partial charge is 0.300 e. The summed E-state index contributed by atoms with van der Waals surface area (Å²) in [5.74, 6) is 0.136. The average Bonchev–Trinajstić information content (AvgIpc) is 2.06. The highest BCUT2D eigenvalue weighted by Gasteiger charge is 2.00. The van der Waals surface area contributed by atoms with Gasteiger partial charge < -0.3 is 0 Å². The third kappa shape index (κ3) is 7.63. The topological polar surface area (TPSA) is 17.1 Å². The van der Waals surface area contributed by atoms with E-state index in [4.69, 9.17) is 0 Å². The number of alkyl halides is 2. The Balaban J connectivity index is 3.10. The van der Waals surface area contributed by atoms with Crippen LogP contribution in [0.2, 0.25) is 0 Å². The predicted octanol–water partition coefficient (Wildman–Crippen LogP) is 2.84. The molecule has 0 amide bonds. The van der Waals surface area contributed by atoms with Crippen LogP contribution in [0.1, 0.15) is 38.5 Å². The summed E-state index contributed by atoms with van der Waals surface area (Å²) in [5.41, 5.74) is 0. The van der Waals surface area contributed by atoms with Crippen LogP contribution in [0.4, 0.5) is 8.78 Å². The molecule has 72 valence electrons. The molecule has 0 spiro atoms. The Kier molecular flexibility index (Phi) is 8.29. The summed E-state index contributed by atoms with van der Waals surface area (Å²) in [6, 6.07) is 0. The number of carbonyl (C=O) groups excluding carboxylic acids is 1. The third-order valence-electron chi connectivity index (χ3n) is 1.68. The van der Waals surface area contributed by atoms with E-state index in [9.17, 15) is 13.6 Å². The maximum absolute atomic E-state index is 11.6. The van der Waals surface area contributed by atoms with E-state index >= 15 is 0 Å². The van der Waals surface area contributed by atoms with Crippen molar-refractivity contribution in [3.63, 3.8) is 0 Å². The number of rotatable bonds is 8. The molecule has 0 aromatic carbocycles. The van der Waals surface area contributed by atoms with Crippen LogP contribution in [0.5, 0.6) is 0 Å². The zero-order valence-corrected chi connectivity index (χ0v) is 7.32. The van der Waals surface area contributed by atoms with Gasteiger partial charge in [-0.05, 0) is 25.7 Å². The van der Waals surface area contributed by atoms with Gasteiger partial charge >= 0.3 is 0 Å². The van der Waals surface area contributed by atoms with E-state index in [1.54, 1.807) is 0 Å². The molecular formula is C9H16F2O. The summed E-state index contributed by atoms with van der Waals surface area (Å²) in [7, 11) is 0. The number of hydrogen-bond acceptors (Lipinski definition) is 1. The van der Waals surface area contributed by atoms with Crippen LogP contribution in [-0.2, 0) is 4.79 Å². The summed E-state index contributed by atoms with van der Waals surface area (Å²) in [6.07, 6.45) is 3.10. The molecule has 0 aromatic heterocycles. The lowest BCUT2D eigenvalue weighted by atomic mass is 10.1. The van der Waals surface area contributed by atoms with Gasteiger partial charge in [0, 0.05) is 12.8 Å². The van der Waals surface area contributed by atoms with Gasteiger partial charge in [-0.3, -0.25) is 13.6 Å². The molecule has 0 aliphatic heterocycles. The standard InChI is InChI=1S/C9H16F2O/c10-7-3-1-5-9(12)6-2-4-8-11/h1-8H2. The molecule has 0 bridgehead atoms. The van der Waals surface area contributed by atoms with E-state index < -0.39 is 0 Å². The van der Waals surface area contributed by atoms with Gasteiger partial charge in [0.2, 0.25) is 0 Å². The lowest BCUT2D eigenvalue weighted by molar-refractivity contribution is -0.119. The molecule has 0 saturated carbocycles. The Labute approximate surface area is 72.2 Å². The number of carbonyl (C=O) groups is 1. The lowest BCUT2D eigenvalue weighted by Crippen LogP contribution is -1.98. The van der Waals surface area contributed by atoms with Crippen molar-refractivity contribution >= 4 is 5.78 Å². The highest BCUT2D eigenvalue weighted by molar-refractivity contribution is 5.78. The highest BCUT2D eigenvalue weighted by Crippen LogP contribution is 2.03. The smallest absolute Gasteiger partial charge is 0.132 e. The van der Waals surface area contributed by atoms with E-state index in [2.05, 4.69) is 0 Å². The second-order valence-corrected chi connectivity index (χ2v) is 2.83. The monoisotopic (exact) mass is 178 g/mol. The van der Waals surface area contributed by atoms with Crippen LogP contribution in [0.3, 0.4) is 0 Å². The van der Waals surface area contributed by atoms with Crippen LogP contribution in [0.15, 0.2) is 0 Å². The fraction of sp³-hybridized carbons (Fsp3) is 0.889. The first-order valence-electron chi connectivity index (χ1n) is 4.45. The van der Waals surface area contributed by atoms with Gasteiger partial charge in [-0.2, -0.15) is 0 Å². The van der Waals surface area contributed by atoms with Crippen molar-refractivity contribution in [2.75, 3.05) is 13.3 Å². The van der Waals surface area contributed by atoms with E-state index in [0.717, 1.165) is 0 Å². The molecule has 0 N–H and O–H groups in total. The summed E-state index contributed by atoms with van der Waals surface area (Å²) < 4.78 is 23.2. The van der Waals surface area contributed by atoms with Gasteiger partial charge in [0.1, 0.15) is 5.78 Å². The average molecular weight is 178 g/mol. The molecule has 3 heteroatoms. The van der Waals surface area contributed by atoms with Crippen LogP contribution in [0.25, 0.3) is 0 Å². The summed E-state index contributed by atoms with van der Waals surface area (Å²) >= 11 is 0. The van der Waals surface area contributed by atoms with E-state index in [1.165, 1.54) is 0 Å². The van der Waals surface area contributed by atoms with Gasteiger partial charge in [0.05, 0.1) is 13.3 Å². The fourth-order valence-corrected chi connectivity index (χ4v) is 0.958. The second kappa shape index (κ2) is 8.62. The molecule has 12 heavy (non-hydrogen) atoms. The molecule has 1 nitrogen and oxygen atoms in total. The molecule has 0 aromatic rings. The molecule has 0 heterocycles. The van der Waals surface area contributed by atoms with Crippen molar-refractivity contribution < 1.29 is 13.6 Å². The molecule has 0 rings (SSSR count). The van der Waals surface area contributed by atoms with Crippen molar-refractivity contribution in [1.82, 2.24) is 0 Å². The predicted molar refractivity (Wildman–Crippen MR) is 44.7 cm³/mol. The molecular weight excluding hydrogens is 162 g/mol. The normalized spacial score (nSPS) is 10.2. The SMILES string of the molecule is O=C(CCCCF)CCCCF. The van der Waals surface area contributed by atoms with Crippen molar-refractivity contribution in [3.8, 4) is 0 Å². The van der Waals surface area contributed by atoms with Gasteiger partial charge in [-0.25, -0.2) is 0 Å². The molecule has 0 unspecified atom stereocenters. The number of halogens is 2. The molecule has 0 atom stereocenters. The Morgan fingerprint density at radius 3 is 1.58 bits per heavy atom. The van der Waals surface area contributed by atoms with Crippen molar-refractivity contribution in [3.05, 3.63) is 0 Å². The van der Waals surface area contributed by atoms with Crippen LogP contribution in [-0.4, -0.2) is 19.1 Å². The van der Waals surface area contributed by atoms with Crippen LogP contribution in [0, 0.1) is 0 Å². The molecule has 0 fully saturated rings. The van der Waals surface area contributed by atoms with Crippen molar-refractivity contribution in [2.24, 2.45) is 0 Å². The zero-order chi connectivity index (χ0) is 9.23. The van der Waals surface area contributed by atoms with E-state index in [1.807, 2.05) is 0 Å². The third-order valence-corrected chi connectivity index (χ3v) is 1.68. The maximum atomic E-state index is 11.6. The van der Waals surface area contributed by atoms with Crippen molar-refractivity contribution in [1.29, 1.82) is 0 Å². The van der Waals surface area contributed by atoms with Crippen molar-refractivity contribution in [2.45, 2.75) is 38.5 Å². The van der Waals surface area contributed by atoms with Gasteiger partial charge in [0.25, 0.3) is 0 Å². The zero-order valence-electron chi connectivity index (χ0n) is 7.32. The van der Waals surface area contributed by atoms with E-state index in [-0.39, 0.29) is 19.1 Å². The Morgan fingerprint density at radius 2 is 1.25 bits per heavy atom. The maximum Gasteiger partial charge on any atom is 0.132 e. The summed E-state index contributed by atoms with van der Waals surface area (Å²) in [6.45, 7) is -0.699. The first kappa shape index (κ1) is 11.5. The van der Waals surface area contributed by atoms with Crippen LogP contribution < -0.4 is 0 Å². The van der Waals surface area contributed by atoms with Gasteiger partial charge in [-0.15, -0.1) is 0 Å². The summed E-state index contributed by atoms with van der Waals surface area (Å²) in [5, 5.41) is 0. The van der Waals surface area contributed by atoms with Gasteiger partial charge in [0.15, 0.2) is 0 Å². The first-order valence-corrected chi connectivity index (χ1v) is 4.45. The summed E-state index contributed by atoms with van der Waals surface area (Å²) in [4.78, 5) is 10.9. The minimum atomic E-state index is -0.349. The first-order chi connectivity index (χ1) is 5.81. The molecule has 0 saturated heterocycles. The number of ketones is 1. The Bertz CT molecular complexity index is 103. The fourth-order valence-electron chi connectivity index (χ4n) is 0.958.